The van der Waals surface area contributed by atoms with Gasteiger partial charge in [0.2, 0.25) is 0 Å². The second kappa shape index (κ2) is 6.45. The van der Waals surface area contributed by atoms with Gasteiger partial charge in [0, 0.05) is 6.04 Å². The predicted octanol–water partition coefficient (Wildman–Crippen LogP) is -2.20. The van der Waals surface area contributed by atoms with E-state index in [9.17, 15) is 13.0 Å². The summed E-state index contributed by atoms with van der Waals surface area (Å²) in [4.78, 5) is 0. The molecule has 1 aliphatic rings. The number of rotatable bonds is 3. The first kappa shape index (κ1) is 14.9. The molecule has 0 spiro atoms. The molecule has 1 rings (SSSR count). The van der Waals surface area contributed by atoms with E-state index < -0.39 is 15.5 Å². The van der Waals surface area contributed by atoms with E-state index in [0.29, 0.717) is 0 Å². The molecule has 1 aliphatic carbocycles. The van der Waals surface area contributed by atoms with Crippen molar-refractivity contribution in [2.24, 2.45) is 0 Å². The molecule has 14 heavy (non-hydrogen) atoms. The van der Waals surface area contributed by atoms with Crippen LogP contribution in [0.25, 0.3) is 0 Å². The summed E-state index contributed by atoms with van der Waals surface area (Å²) >= 11 is 0. The minimum atomic E-state index is -4.16. The summed E-state index contributed by atoms with van der Waals surface area (Å²) in [6.07, 6.45) is 5.45. The van der Waals surface area contributed by atoms with Gasteiger partial charge in [-0.2, -0.15) is 0 Å². The topological polar surface area (TPSA) is 69.2 Å². The average Bonchev–Trinajstić information content (AvgIpc) is 2.04. The molecular weight excluding hydrogens is 213 g/mol. The van der Waals surface area contributed by atoms with E-state index >= 15 is 0 Å². The monoisotopic (exact) mass is 229 g/mol. The van der Waals surface area contributed by atoms with Crippen molar-refractivity contribution < 1.29 is 42.5 Å². The van der Waals surface area contributed by atoms with Crippen molar-refractivity contribution in [3.63, 3.8) is 0 Å². The molecular formula is C8H16NNaO3S. The van der Waals surface area contributed by atoms with Gasteiger partial charge >= 0.3 is 29.6 Å². The molecule has 1 atom stereocenters. The Morgan fingerprint density at radius 2 is 1.79 bits per heavy atom. The molecule has 0 saturated heterocycles. The van der Waals surface area contributed by atoms with Gasteiger partial charge in [-0.15, -0.1) is 0 Å². The summed E-state index contributed by atoms with van der Waals surface area (Å²) in [5.41, 5.74) is 0. The van der Waals surface area contributed by atoms with Crippen molar-refractivity contribution in [2.75, 3.05) is 0 Å². The molecule has 1 fully saturated rings. The van der Waals surface area contributed by atoms with E-state index in [1.807, 2.05) is 0 Å². The van der Waals surface area contributed by atoms with Crippen molar-refractivity contribution in [2.45, 2.75) is 50.4 Å². The Morgan fingerprint density at radius 1 is 1.29 bits per heavy atom. The first-order valence-corrected chi connectivity index (χ1v) is 6.18. The second-order valence-electron chi connectivity index (χ2n) is 3.64. The fraction of sp³-hybridized carbons (Fsp3) is 1.00. The van der Waals surface area contributed by atoms with Gasteiger partial charge in [-0.05, 0) is 19.8 Å². The first-order valence-electron chi connectivity index (χ1n) is 4.71. The molecule has 0 radical (unpaired) electrons. The summed E-state index contributed by atoms with van der Waals surface area (Å²) in [7, 11) is -4.16. The van der Waals surface area contributed by atoms with Crippen LogP contribution in [0.5, 0.6) is 0 Å². The molecule has 1 saturated carbocycles. The normalized spacial score (nSPS) is 21.3. The zero-order chi connectivity index (χ0) is 9.90. The Balaban J connectivity index is 0.00000169. The molecule has 1 N–H and O–H groups in total. The van der Waals surface area contributed by atoms with Crippen LogP contribution in [0.1, 0.15) is 39.0 Å². The van der Waals surface area contributed by atoms with Crippen molar-refractivity contribution in [3.05, 3.63) is 0 Å². The van der Waals surface area contributed by atoms with Gasteiger partial charge in [0.25, 0.3) is 0 Å². The Labute approximate surface area is 108 Å². The van der Waals surface area contributed by atoms with Gasteiger partial charge in [-0.1, -0.05) is 19.3 Å². The maximum Gasteiger partial charge on any atom is 1.00 e. The van der Waals surface area contributed by atoms with Gasteiger partial charge in [0.05, 0.1) is 5.37 Å². The van der Waals surface area contributed by atoms with Crippen LogP contribution < -0.4 is 34.9 Å². The third-order valence-electron chi connectivity index (χ3n) is 2.51. The van der Waals surface area contributed by atoms with E-state index in [1.165, 1.54) is 13.3 Å². The third-order valence-corrected chi connectivity index (χ3v) is 3.51. The Kier molecular flexibility index (Phi) is 6.85. The summed E-state index contributed by atoms with van der Waals surface area (Å²) in [6, 6.07) is 0.215. The van der Waals surface area contributed by atoms with E-state index in [4.69, 9.17) is 0 Å². The molecule has 6 heteroatoms. The largest absolute Gasteiger partial charge is 1.00 e. The maximum absolute atomic E-state index is 10.6. The van der Waals surface area contributed by atoms with Crippen molar-refractivity contribution in [1.82, 2.24) is 5.32 Å². The Hall–Kier alpha value is 0.870. The fourth-order valence-electron chi connectivity index (χ4n) is 1.68. The molecule has 1 unspecified atom stereocenters. The minimum Gasteiger partial charge on any atom is -0.747 e. The number of hydrogen-bond donors (Lipinski definition) is 1. The van der Waals surface area contributed by atoms with Gasteiger partial charge in [-0.3, -0.25) is 5.32 Å². The average molecular weight is 229 g/mol. The molecule has 0 aromatic rings. The SMILES string of the molecule is CC(NC1CCCCC1)S(=O)(=O)[O-].[Na+]. The zero-order valence-electron chi connectivity index (χ0n) is 8.82. The standard InChI is InChI=1S/C8H17NO3S.Na/c1-7(13(10,11)12)9-8-5-3-2-4-6-8;/h7-9H,2-6H2,1H3,(H,10,11,12);/q;+1/p-1. The van der Waals surface area contributed by atoms with Crippen molar-refractivity contribution in [1.29, 1.82) is 0 Å². The summed E-state index contributed by atoms with van der Waals surface area (Å²) < 4.78 is 31.8. The zero-order valence-corrected chi connectivity index (χ0v) is 11.6. The molecule has 0 bridgehead atoms. The molecule has 0 aromatic heterocycles. The smallest absolute Gasteiger partial charge is 0.747 e. The van der Waals surface area contributed by atoms with Crippen LogP contribution >= 0.6 is 0 Å². The molecule has 0 aromatic carbocycles. The second-order valence-corrected chi connectivity index (χ2v) is 5.33. The number of hydrogen-bond acceptors (Lipinski definition) is 4. The summed E-state index contributed by atoms with van der Waals surface area (Å²) in [5.74, 6) is 0. The van der Waals surface area contributed by atoms with Gasteiger partial charge in [0.15, 0.2) is 0 Å². The van der Waals surface area contributed by atoms with Crippen LogP contribution in [0.4, 0.5) is 0 Å². The van der Waals surface area contributed by atoms with Crippen LogP contribution in [0, 0.1) is 0 Å². The predicted molar refractivity (Wildman–Crippen MR) is 49.2 cm³/mol. The van der Waals surface area contributed by atoms with Crippen LogP contribution in [-0.4, -0.2) is 24.4 Å². The van der Waals surface area contributed by atoms with Crippen molar-refractivity contribution >= 4 is 10.1 Å². The molecule has 0 aliphatic heterocycles. The van der Waals surface area contributed by atoms with Crippen LogP contribution in [0.15, 0.2) is 0 Å². The molecule has 4 nitrogen and oxygen atoms in total. The fourth-order valence-corrected chi connectivity index (χ4v) is 2.04. The van der Waals surface area contributed by atoms with Crippen LogP contribution in [-0.2, 0) is 10.1 Å². The Morgan fingerprint density at radius 3 is 2.21 bits per heavy atom. The van der Waals surface area contributed by atoms with Crippen LogP contribution in [0.3, 0.4) is 0 Å². The minimum absolute atomic E-state index is 0. The van der Waals surface area contributed by atoms with E-state index in [0.717, 1.165) is 25.7 Å². The van der Waals surface area contributed by atoms with Crippen LogP contribution in [0.2, 0.25) is 0 Å². The third kappa shape index (κ3) is 5.09. The maximum atomic E-state index is 10.6. The van der Waals surface area contributed by atoms with E-state index in [1.54, 1.807) is 0 Å². The number of nitrogens with one attached hydrogen (secondary N) is 1. The van der Waals surface area contributed by atoms with Gasteiger partial charge in [0.1, 0.15) is 10.1 Å². The van der Waals surface area contributed by atoms with Crippen molar-refractivity contribution in [3.8, 4) is 0 Å². The summed E-state index contributed by atoms with van der Waals surface area (Å²) in [5, 5.41) is 1.91. The summed E-state index contributed by atoms with van der Waals surface area (Å²) in [6.45, 7) is 1.41. The molecule has 78 valence electrons. The van der Waals surface area contributed by atoms with Gasteiger partial charge < -0.3 is 4.55 Å². The first-order chi connectivity index (χ1) is 6.00. The van der Waals surface area contributed by atoms with E-state index in [-0.39, 0.29) is 35.6 Å². The van der Waals surface area contributed by atoms with E-state index in [2.05, 4.69) is 5.32 Å². The van der Waals surface area contributed by atoms with Gasteiger partial charge in [-0.25, -0.2) is 8.42 Å². The Bertz CT molecular complexity index is 249. The molecule has 0 heterocycles. The molecule has 0 amide bonds. The quantitative estimate of drug-likeness (QED) is 0.440.